The Balaban J connectivity index is 2.28. The van der Waals surface area contributed by atoms with Gasteiger partial charge >= 0.3 is 0 Å². The smallest absolute Gasteiger partial charge is 0.186 e. The van der Waals surface area contributed by atoms with E-state index in [2.05, 4.69) is 21.5 Å². The van der Waals surface area contributed by atoms with E-state index in [-0.39, 0.29) is 0 Å². The monoisotopic (exact) mass is 196 g/mol. The van der Waals surface area contributed by atoms with Crippen molar-refractivity contribution in [3.8, 4) is 12.3 Å². The van der Waals surface area contributed by atoms with Crippen molar-refractivity contribution in [2.24, 2.45) is 0 Å². The van der Waals surface area contributed by atoms with Crippen LogP contribution in [0.2, 0.25) is 0 Å². The predicted molar refractivity (Wildman–Crippen MR) is 60.6 cm³/mol. The van der Waals surface area contributed by atoms with E-state index in [1.54, 1.807) is 0 Å². The standard InChI is InChI=1S/C13H12N2/c1-2-13-14-11-8-3-4-9-12(11)15(13)10-6-5-7-10/h1,3-4,8-10H,5-7H2. The summed E-state index contributed by atoms with van der Waals surface area (Å²) in [6.07, 6.45) is 9.27. The SMILES string of the molecule is C#Cc1nc2ccccc2n1C1CCC1. The lowest BCUT2D eigenvalue weighted by molar-refractivity contribution is 0.318. The highest BCUT2D eigenvalue weighted by molar-refractivity contribution is 5.77. The Labute approximate surface area is 88.9 Å². The van der Waals surface area contributed by atoms with E-state index in [1.807, 2.05) is 18.2 Å². The van der Waals surface area contributed by atoms with Crippen molar-refractivity contribution in [1.82, 2.24) is 9.55 Å². The molecular formula is C13H12N2. The van der Waals surface area contributed by atoms with Gasteiger partial charge in [0.1, 0.15) is 0 Å². The van der Waals surface area contributed by atoms with Gasteiger partial charge in [-0.05, 0) is 37.3 Å². The minimum Gasteiger partial charge on any atom is -0.314 e. The van der Waals surface area contributed by atoms with Gasteiger partial charge in [0.05, 0.1) is 11.0 Å². The zero-order valence-corrected chi connectivity index (χ0v) is 8.48. The van der Waals surface area contributed by atoms with Gasteiger partial charge in [-0.2, -0.15) is 0 Å². The summed E-state index contributed by atoms with van der Waals surface area (Å²) in [6.45, 7) is 0. The Morgan fingerprint density at radius 2 is 2.13 bits per heavy atom. The highest BCUT2D eigenvalue weighted by Gasteiger charge is 2.23. The van der Waals surface area contributed by atoms with Crippen molar-refractivity contribution >= 4 is 11.0 Å². The average molecular weight is 196 g/mol. The van der Waals surface area contributed by atoms with Gasteiger partial charge in [0.15, 0.2) is 5.82 Å². The van der Waals surface area contributed by atoms with Gasteiger partial charge in [-0.3, -0.25) is 0 Å². The fraction of sp³-hybridized carbons (Fsp3) is 0.308. The highest BCUT2D eigenvalue weighted by atomic mass is 15.1. The molecule has 74 valence electrons. The van der Waals surface area contributed by atoms with Crippen molar-refractivity contribution in [1.29, 1.82) is 0 Å². The molecule has 0 amide bonds. The van der Waals surface area contributed by atoms with Crippen molar-refractivity contribution in [3.05, 3.63) is 30.1 Å². The number of fused-ring (bicyclic) bond motifs is 1. The van der Waals surface area contributed by atoms with Crippen LogP contribution in [-0.4, -0.2) is 9.55 Å². The van der Waals surface area contributed by atoms with Crippen LogP contribution in [0.1, 0.15) is 31.1 Å². The summed E-state index contributed by atoms with van der Waals surface area (Å²) in [5.41, 5.74) is 2.19. The summed E-state index contributed by atoms with van der Waals surface area (Å²) < 4.78 is 2.22. The van der Waals surface area contributed by atoms with E-state index in [0.29, 0.717) is 6.04 Å². The Hall–Kier alpha value is -1.75. The lowest BCUT2D eigenvalue weighted by atomic mass is 9.92. The number of nitrogens with zero attached hydrogens (tertiary/aromatic N) is 2. The van der Waals surface area contributed by atoms with E-state index >= 15 is 0 Å². The highest BCUT2D eigenvalue weighted by Crippen LogP contribution is 2.35. The zero-order chi connectivity index (χ0) is 10.3. The van der Waals surface area contributed by atoms with Crippen LogP contribution in [0.5, 0.6) is 0 Å². The second-order valence-corrected chi connectivity index (χ2v) is 4.02. The number of hydrogen-bond acceptors (Lipinski definition) is 1. The van der Waals surface area contributed by atoms with Crippen LogP contribution < -0.4 is 0 Å². The lowest BCUT2D eigenvalue weighted by Crippen LogP contribution is -2.18. The number of para-hydroxylation sites is 2. The quantitative estimate of drug-likeness (QED) is 0.641. The maximum atomic E-state index is 5.50. The Kier molecular flexibility index (Phi) is 1.78. The first-order chi connectivity index (χ1) is 7.40. The van der Waals surface area contributed by atoms with Gasteiger partial charge in [0, 0.05) is 6.04 Å². The molecule has 1 aliphatic rings. The molecule has 0 spiro atoms. The molecule has 0 atom stereocenters. The summed E-state index contributed by atoms with van der Waals surface area (Å²) in [5, 5.41) is 0. The van der Waals surface area contributed by atoms with Crippen LogP contribution in [-0.2, 0) is 0 Å². The summed E-state index contributed by atoms with van der Waals surface area (Å²) in [4.78, 5) is 4.46. The minimum atomic E-state index is 0.573. The van der Waals surface area contributed by atoms with Gasteiger partial charge in [0.25, 0.3) is 0 Å². The molecule has 0 radical (unpaired) electrons. The molecule has 3 rings (SSSR count). The Morgan fingerprint density at radius 1 is 1.33 bits per heavy atom. The molecule has 0 bridgehead atoms. The molecule has 1 aliphatic carbocycles. The number of hydrogen-bond donors (Lipinski definition) is 0. The van der Waals surface area contributed by atoms with Gasteiger partial charge in [-0.25, -0.2) is 4.98 Å². The van der Waals surface area contributed by atoms with E-state index in [4.69, 9.17) is 6.42 Å². The fourth-order valence-electron chi connectivity index (χ4n) is 2.16. The largest absolute Gasteiger partial charge is 0.314 e. The van der Waals surface area contributed by atoms with Crippen molar-refractivity contribution < 1.29 is 0 Å². The van der Waals surface area contributed by atoms with Crippen molar-refractivity contribution in [2.45, 2.75) is 25.3 Å². The predicted octanol–water partition coefficient (Wildman–Crippen LogP) is 2.74. The van der Waals surface area contributed by atoms with E-state index in [0.717, 1.165) is 11.3 Å². The van der Waals surface area contributed by atoms with Crippen LogP contribution >= 0.6 is 0 Å². The zero-order valence-electron chi connectivity index (χ0n) is 8.48. The van der Waals surface area contributed by atoms with Crippen molar-refractivity contribution in [2.75, 3.05) is 0 Å². The molecular weight excluding hydrogens is 184 g/mol. The molecule has 0 aliphatic heterocycles. The van der Waals surface area contributed by atoms with E-state index in [9.17, 15) is 0 Å². The van der Waals surface area contributed by atoms with Crippen LogP contribution in [0.25, 0.3) is 11.0 Å². The van der Waals surface area contributed by atoms with Crippen LogP contribution in [0.4, 0.5) is 0 Å². The number of imidazole rings is 1. The van der Waals surface area contributed by atoms with Crippen LogP contribution in [0.3, 0.4) is 0 Å². The van der Waals surface area contributed by atoms with E-state index in [1.165, 1.54) is 24.8 Å². The molecule has 15 heavy (non-hydrogen) atoms. The maximum Gasteiger partial charge on any atom is 0.186 e. The minimum absolute atomic E-state index is 0.573. The second kappa shape index (κ2) is 3.13. The van der Waals surface area contributed by atoms with Gasteiger partial charge in [-0.15, -0.1) is 6.42 Å². The molecule has 2 heteroatoms. The molecule has 1 saturated carbocycles. The molecule has 1 heterocycles. The molecule has 1 aromatic heterocycles. The normalized spacial score (nSPS) is 16.2. The Morgan fingerprint density at radius 3 is 2.80 bits per heavy atom. The second-order valence-electron chi connectivity index (χ2n) is 4.02. The summed E-state index contributed by atoms with van der Waals surface area (Å²) >= 11 is 0. The number of aromatic nitrogens is 2. The summed E-state index contributed by atoms with van der Waals surface area (Å²) in [5.74, 6) is 3.46. The van der Waals surface area contributed by atoms with Gasteiger partial charge in [0.2, 0.25) is 0 Å². The third-order valence-corrected chi connectivity index (χ3v) is 3.16. The average Bonchev–Trinajstić information content (AvgIpc) is 2.55. The summed E-state index contributed by atoms with van der Waals surface area (Å²) in [7, 11) is 0. The van der Waals surface area contributed by atoms with Crippen LogP contribution in [0.15, 0.2) is 24.3 Å². The molecule has 1 fully saturated rings. The molecule has 0 saturated heterocycles. The molecule has 2 aromatic rings. The molecule has 0 unspecified atom stereocenters. The van der Waals surface area contributed by atoms with Gasteiger partial charge < -0.3 is 4.57 Å². The number of benzene rings is 1. The third kappa shape index (κ3) is 1.16. The first kappa shape index (κ1) is 8.55. The van der Waals surface area contributed by atoms with Gasteiger partial charge in [-0.1, -0.05) is 12.1 Å². The summed E-state index contributed by atoms with van der Waals surface area (Å²) in [6, 6.07) is 8.73. The molecule has 2 nitrogen and oxygen atoms in total. The Bertz CT molecular complexity index is 541. The topological polar surface area (TPSA) is 17.8 Å². The maximum absolute atomic E-state index is 5.50. The van der Waals surface area contributed by atoms with Crippen molar-refractivity contribution in [3.63, 3.8) is 0 Å². The first-order valence-corrected chi connectivity index (χ1v) is 5.34. The number of terminal acetylenes is 1. The third-order valence-electron chi connectivity index (χ3n) is 3.16. The fourth-order valence-corrected chi connectivity index (χ4v) is 2.16. The van der Waals surface area contributed by atoms with Crippen LogP contribution in [0, 0.1) is 12.3 Å². The molecule has 1 aromatic carbocycles. The number of rotatable bonds is 1. The first-order valence-electron chi connectivity index (χ1n) is 5.34. The van der Waals surface area contributed by atoms with E-state index < -0.39 is 0 Å². The lowest BCUT2D eigenvalue weighted by Gasteiger charge is -2.28. The molecule has 0 N–H and O–H groups in total.